The highest BCUT2D eigenvalue weighted by molar-refractivity contribution is 7.98. The van der Waals surface area contributed by atoms with Crippen molar-refractivity contribution in [2.45, 2.75) is 49.9 Å². The lowest BCUT2D eigenvalue weighted by molar-refractivity contribution is -0.128. The van der Waals surface area contributed by atoms with Crippen LogP contribution in [0.4, 0.5) is 0 Å². The van der Waals surface area contributed by atoms with E-state index in [0.29, 0.717) is 11.2 Å². The third kappa shape index (κ3) is 3.63. The van der Waals surface area contributed by atoms with Crippen LogP contribution in [0.25, 0.3) is 0 Å². The second-order valence-corrected chi connectivity index (χ2v) is 7.42. The Balaban J connectivity index is 1.52. The maximum Gasteiger partial charge on any atom is 0.252 e. The van der Waals surface area contributed by atoms with Crippen LogP contribution in [-0.4, -0.2) is 33.8 Å². The Kier molecular flexibility index (Phi) is 5.37. The van der Waals surface area contributed by atoms with Crippen LogP contribution in [-0.2, 0) is 10.5 Å². The third-order valence-corrected chi connectivity index (χ3v) is 5.81. The molecular weight excluding hydrogens is 312 g/mol. The van der Waals surface area contributed by atoms with Crippen LogP contribution in [0.15, 0.2) is 30.3 Å². The number of thioether (sulfide) groups is 1. The van der Waals surface area contributed by atoms with Gasteiger partial charge >= 0.3 is 0 Å². The zero-order valence-corrected chi connectivity index (χ0v) is 14.3. The summed E-state index contributed by atoms with van der Waals surface area (Å²) in [6.07, 6.45) is 5.90. The van der Waals surface area contributed by atoms with Gasteiger partial charge in [-0.15, -0.1) is 0 Å². The second-order valence-electron chi connectivity index (χ2n) is 6.00. The number of hydrogen-bond donors (Lipinski definition) is 1. The quantitative estimate of drug-likeness (QED) is 0.837. The number of carbonyl (C=O) groups is 1. The van der Waals surface area contributed by atoms with Gasteiger partial charge in [0.05, 0.1) is 0 Å². The molecule has 0 aromatic heterocycles. The fraction of sp³-hybridized carbons (Fsp3) is 0.529. The number of nitrogens with zero attached hydrogens (tertiary/aromatic N) is 1. The highest BCUT2D eigenvalue weighted by Gasteiger charge is 2.39. The molecule has 0 spiro atoms. The van der Waals surface area contributed by atoms with Crippen molar-refractivity contribution in [1.82, 2.24) is 10.2 Å². The monoisotopic (exact) mass is 334 g/mol. The van der Waals surface area contributed by atoms with E-state index in [-0.39, 0.29) is 11.9 Å². The van der Waals surface area contributed by atoms with Crippen LogP contribution in [0.2, 0.25) is 0 Å². The van der Waals surface area contributed by atoms with Gasteiger partial charge in [0.2, 0.25) is 0 Å². The molecule has 0 unspecified atom stereocenters. The Hall–Kier alpha value is -1.07. The van der Waals surface area contributed by atoms with E-state index in [1.807, 2.05) is 11.0 Å². The fourth-order valence-corrected chi connectivity index (χ4v) is 4.60. The summed E-state index contributed by atoms with van der Waals surface area (Å²) in [5.74, 6) is 1.89. The van der Waals surface area contributed by atoms with Crippen LogP contribution in [0.5, 0.6) is 0 Å². The van der Waals surface area contributed by atoms with E-state index in [4.69, 9.17) is 12.2 Å². The van der Waals surface area contributed by atoms with E-state index >= 15 is 0 Å². The van der Waals surface area contributed by atoms with Crippen LogP contribution >= 0.6 is 24.0 Å². The first-order valence-electron chi connectivity index (χ1n) is 8.01. The molecule has 0 bridgehead atoms. The molecule has 3 rings (SSSR count). The first-order valence-corrected chi connectivity index (χ1v) is 9.57. The van der Waals surface area contributed by atoms with Crippen molar-refractivity contribution >= 4 is 35.0 Å². The van der Waals surface area contributed by atoms with E-state index in [0.717, 1.165) is 24.3 Å². The summed E-state index contributed by atoms with van der Waals surface area (Å²) in [7, 11) is 0. The lowest BCUT2D eigenvalue weighted by Gasteiger charge is -2.30. The summed E-state index contributed by atoms with van der Waals surface area (Å²) in [5.41, 5.74) is 1.30. The predicted molar refractivity (Wildman–Crippen MR) is 95.8 cm³/mol. The largest absolute Gasteiger partial charge is 0.350 e. The molecule has 1 N–H and O–H groups in total. The molecule has 1 aromatic carbocycles. The molecule has 1 saturated carbocycles. The molecule has 0 radical (unpaired) electrons. The van der Waals surface area contributed by atoms with E-state index in [1.54, 1.807) is 11.8 Å². The molecule has 3 nitrogen and oxygen atoms in total. The summed E-state index contributed by atoms with van der Waals surface area (Å²) in [5, 5.41) is 3.87. The van der Waals surface area contributed by atoms with Crippen molar-refractivity contribution in [2.24, 2.45) is 0 Å². The Bertz CT molecular complexity index is 529. The smallest absolute Gasteiger partial charge is 0.252 e. The zero-order chi connectivity index (χ0) is 15.4. The molecule has 1 aliphatic carbocycles. The molecule has 1 saturated heterocycles. The first kappa shape index (κ1) is 15.8. The molecule has 22 heavy (non-hydrogen) atoms. The summed E-state index contributed by atoms with van der Waals surface area (Å²) in [4.78, 5) is 14.5. The minimum Gasteiger partial charge on any atom is -0.350 e. The molecule has 2 fully saturated rings. The summed E-state index contributed by atoms with van der Waals surface area (Å²) in [6, 6.07) is 10.5. The first-order chi connectivity index (χ1) is 10.8. The highest BCUT2D eigenvalue weighted by atomic mass is 32.2. The Morgan fingerprint density at radius 1 is 1.18 bits per heavy atom. The van der Waals surface area contributed by atoms with Gasteiger partial charge in [-0.3, -0.25) is 9.69 Å². The average Bonchev–Trinajstić information content (AvgIpc) is 2.83. The van der Waals surface area contributed by atoms with Crippen LogP contribution in [0.3, 0.4) is 0 Å². The SMILES string of the molecule is O=C1[C@@H](CSCc2ccccc2)NC(=S)N1C1CCCCC1. The number of hydrogen-bond acceptors (Lipinski definition) is 3. The number of thiocarbonyl (C=S) groups is 1. The molecule has 1 amide bonds. The van der Waals surface area contributed by atoms with Gasteiger partial charge in [0.25, 0.3) is 5.91 Å². The molecule has 1 aromatic rings. The number of carbonyl (C=O) groups excluding carboxylic acids is 1. The standard InChI is InChI=1S/C17H22N2OS2/c20-16-15(12-22-11-13-7-3-1-4-8-13)18-17(21)19(16)14-9-5-2-6-10-14/h1,3-4,7-8,14-15H,2,5-6,9-12H2,(H,18,21)/t15-/m1/s1. The topological polar surface area (TPSA) is 32.3 Å². The van der Waals surface area contributed by atoms with E-state index in [1.165, 1.54) is 24.8 Å². The summed E-state index contributed by atoms with van der Waals surface area (Å²) in [6.45, 7) is 0. The Morgan fingerprint density at radius 2 is 1.91 bits per heavy atom. The maximum atomic E-state index is 12.6. The number of amides is 1. The molecule has 1 atom stereocenters. The minimum absolute atomic E-state index is 0.150. The molecule has 1 aliphatic heterocycles. The lowest BCUT2D eigenvalue weighted by atomic mass is 9.94. The van der Waals surface area contributed by atoms with E-state index in [2.05, 4.69) is 29.6 Å². The maximum absolute atomic E-state index is 12.6. The van der Waals surface area contributed by atoms with Gasteiger partial charge in [-0.25, -0.2) is 0 Å². The Morgan fingerprint density at radius 3 is 2.64 bits per heavy atom. The number of nitrogens with one attached hydrogen (secondary N) is 1. The summed E-state index contributed by atoms with van der Waals surface area (Å²) >= 11 is 7.19. The fourth-order valence-electron chi connectivity index (χ4n) is 3.22. The third-order valence-electron chi connectivity index (χ3n) is 4.39. The van der Waals surface area contributed by atoms with Gasteiger partial charge in [0.15, 0.2) is 5.11 Å². The van der Waals surface area contributed by atoms with Crippen LogP contribution in [0.1, 0.15) is 37.7 Å². The van der Waals surface area contributed by atoms with Crippen molar-refractivity contribution in [3.8, 4) is 0 Å². The van der Waals surface area contributed by atoms with Crippen LogP contribution in [0, 0.1) is 0 Å². The molecule has 2 aliphatic rings. The molecule has 118 valence electrons. The van der Waals surface area contributed by atoms with Gasteiger partial charge in [-0.1, -0.05) is 49.6 Å². The van der Waals surface area contributed by atoms with Gasteiger partial charge in [-0.05, 0) is 30.6 Å². The van der Waals surface area contributed by atoms with Crippen molar-refractivity contribution in [2.75, 3.05) is 5.75 Å². The number of benzene rings is 1. The minimum atomic E-state index is -0.150. The van der Waals surface area contributed by atoms with Crippen molar-refractivity contribution in [1.29, 1.82) is 0 Å². The lowest BCUT2D eigenvalue weighted by Crippen LogP contribution is -2.42. The average molecular weight is 335 g/mol. The van der Waals surface area contributed by atoms with E-state index < -0.39 is 0 Å². The second kappa shape index (κ2) is 7.47. The predicted octanol–water partition coefficient (Wildman–Crippen LogP) is 3.34. The number of rotatable bonds is 5. The van der Waals surface area contributed by atoms with Gasteiger partial charge < -0.3 is 5.32 Å². The van der Waals surface area contributed by atoms with Crippen molar-refractivity contribution in [3.05, 3.63) is 35.9 Å². The summed E-state index contributed by atoms with van der Waals surface area (Å²) < 4.78 is 0. The van der Waals surface area contributed by atoms with E-state index in [9.17, 15) is 4.79 Å². The normalized spacial score (nSPS) is 22.9. The molecule has 5 heteroatoms. The van der Waals surface area contributed by atoms with Gasteiger partial charge in [0.1, 0.15) is 6.04 Å². The van der Waals surface area contributed by atoms with Gasteiger partial charge in [0, 0.05) is 17.5 Å². The highest BCUT2D eigenvalue weighted by Crippen LogP contribution is 2.26. The zero-order valence-electron chi connectivity index (χ0n) is 12.7. The van der Waals surface area contributed by atoms with Crippen LogP contribution < -0.4 is 5.32 Å². The van der Waals surface area contributed by atoms with Gasteiger partial charge in [-0.2, -0.15) is 11.8 Å². The van der Waals surface area contributed by atoms with Crippen molar-refractivity contribution < 1.29 is 4.79 Å². The Labute approximate surface area is 141 Å². The molecule has 1 heterocycles. The molecular formula is C17H22N2OS2. The van der Waals surface area contributed by atoms with Crippen molar-refractivity contribution in [3.63, 3.8) is 0 Å².